The van der Waals surface area contributed by atoms with E-state index in [0.29, 0.717) is 0 Å². The van der Waals surface area contributed by atoms with Gasteiger partial charge in [-0.1, -0.05) is 78.2 Å². The molecule has 1 heterocycles. The smallest absolute Gasteiger partial charge is 0.123 e. The second-order valence-electron chi connectivity index (χ2n) is 8.38. The third-order valence-electron chi connectivity index (χ3n) is 5.29. The summed E-state index contributed by atoms with van der Waals surface area (Å²) in [5, 5.41) is 10.2. The highest BCUT2D eigenvalue weighted by Gasteiger charge is 2.22. The van der Waals surface area contributed by atoms with Crippen LogP contribution in [0.3, 0.4) is 0 Å². The zero-order valence-corrected chi connectivity index (χ0v) is 18.6. The summed E-state index contributed by atoms with van der Waals surface area (Å²) in [6, 6.07) is 6.58. The number of aromatic nitrogens is 1. The summed E-state index contributed by atoms with van der Waals surface area (Å²) in [6.45, 7) is 10.6. The molecule has 0 aliphatic rings. The van der Waals surface area contributed by atoms with Crippen LogP contribution in [-0.2, 0) is 6.61 Å². The van der Waals surface area contributed by atoms with E-state index in [9.17, 15) is 9.50 Å². The molecule has 0 atom stereocenters. The molecular formula is C26H36FNO. The van der Waals surface area contributed by atoms with Crippen molar-refractivity contribution in [2.24, 2.45) is 0 Å². The maximum atomic E-state index is 13.6. The normalized spacial score (nSPS) is 11.9. The van der Waals surface area contributed by atoms with E-state index in [-0.39, 0.29) is 24.3 Å². The van der Waals surface area contributed by atoms with E-state index in [4.69, 9.17) is 4.98 Å². The topological polar surface area (TPSA) is 33.1 Å². The van der Waals surface area contributed by atoms with Crippen LogP contribution in [0, 0.1) is 5.82 Å². The molecule has 0 radical (unpaired) electrons. The summed E-state index contributed by atoms with van der Waals surface area (Å²) in [5.74, 6) is 0.189. The molecule has 0 bridgehead atoms. The predicted molar refractivity (Wildman–Crippen MR) is 122 cm³/mol. The Morgan fingerprint density at radius 2 is 1.62 bits per heavy atom. The summed E-state index contributed by atoms with van der Waals surface area (Å²) >= 11 is 0. The molecule has 0 spiro atoms. The Morgan fingerprint density at radius 1 is 0.966 bits per heavy atom. The molecule has 158 valence electrons. The van der Waals surface area contributed by atoms with Crippen LogP contribution in [0.15, 0.2) is 30.3 Å². The van der Waals surface area contributed by atoms with Crippen molar-refractivity contribution >= 4 is 6.08 Å². The molecule has 2 nitrogen and oxygen atoms in total. The average Bonchev–Trinajstić information content (AvgIpc) is 2.70. The van der Waals surface area contributed by atoms with Crippen LogP contribution in [-0.4, -0.2) is 10.1 Å². The highest BCUT2D eigenvalue weighted by Crippen LogP contribution is 2.37. The third kappa shape index (κ3) is 5.99. The molecule has 0 fully saturated rings. The Hall–Kier alpha value is -2.00. The van der Waals surface area contributed by atoms with Crippen molar-refractivity contribution in [3.63, 3.8) is 0 Å². The van der Waals surface area contributed by atoms with Crippen LogP contribution in [0.2, 0.25) is 0 Å². The van der Waals surface area contributed by atoms with Crippen molar-refractivity contribution in [3.8, 4) is 11.1 Å². The second-order valence-corrected chi connectivity index (χ2v) is 8.38. The lowest BCUT2D eigenvalue weighted by Gasteiger charge is -2.23. The first-order valence-electron chi connectivity index (χ1n) is 11.0. The van der Waals surface area contributed by atoms with Crippen LogP contribution in [0.1, 0.15) is 101 Å². The molecule has 0 aliphatic heterocycles. The van der Waals surface area contributed by atoms with Gasteiger partial charge in [-0.15, -0.1) is 0 Å². The van der Waals surface area contributed by atoms with Gasteiger partial charge in [0.1, 0.15) is 5.82 Å². The number of halogens is 1. The molecule has 1 aromatic heterocycles. The van der Waals surface area contributed by atoms with E-state index in [1.54, 1.807) is 12.1 Å². The molecular weight excluding hydrogens is 361 g/mol. The minimum atomic E-state index is -0.255. The summed E-state index contributed by atoms with van der Waals surface area (Å²) in [4.78, 5) is 4.99. The lowest BCUT2D eigenvalue weighted by molar-refractivity contribution is 0.280. The minimum absolute atomic E-state index is 0.0804. The zero-order valence-electron chi connectivity index (χ0n) is 18.6. The maximum absolute atomic E-state index is 13.6. The van der Waals surface area contributed by atoms with E-state index in [1.807, 2.05) is 0 Å². The Balaban J connectivity index is 2.63. The number of hydrogen-bond donors (Lipinski definition) is 1. The van der Waals surface area contributed by atoms with Crippen molar-refractivity contribution in [1.29, 1.82) is 0 Å². The van der Waals surface area contributed by atoms with Crippen LogP contribution in [0.25, 0.3) is 17.2 Å². The molecule has 0 amide bonds. The van der Waals surface area contributed by atoms with E-state index in [1.165, 1.54) is 37.8 Å². The molecule has 2 rings (SSSR count). The third-order valence-corrected chi connectivity index (χ3v) is 5.29. The van der Waals surface area contributed by atoms with Gasteiger partial charge in [-0.05, 0) is 47.9 Å². The number of benzene rings is 1. The first-order valence-corrected chi connectivity index (χ1v) is 11.0. The van der Waals surface area contributed by atoms with Crippen LogP contribution >= 0.6 is 0 Å². The summed E-state index contributed by atoms with van der Waals surface area (Å²) < 4.78 is 13.6. The largest absolute Gasteiger partial charge is 0.392 e. The fourth-order valence-corrected chi connectivity index (χ4v) is 3.76. The van der Waals surface area contributed by atoms with Gasteiger partial charge in [0, 0.05) is 16.8 Å². The molecule has 29 heavy (non-hydrogen) atoms. The van der Waals surface area contributed by atoms with Gasteiger partial charge in [0.25, 0.3) is 0 Å². The monoisotopic (exact) mass is 397 g/mol. The van der Waals surface area contributed by atoms with Crippen molar-refractivity contribution in [3.05, 3.63) is 58.7 Å². The van der Waals surface area contributed by atoms with Gasteiger partial charge in [-0.3, -0.25) is 4.98 Å². The van der Waals surface area contributed by atoms with E-state index in [0.717, 1.165) is 40.1 Å². The van der Waals surface area contributed by atoms with Gasteiger partial charge in [0.15, 0.2) is 0 Å². The van der Waals surface area contributed by atoms with Gasteiger partial charge in [0.2, 0.25) is 0 Å². The standard InChI is InChI=1S/C26H36FNO/c1-6-7-8-9-10-11-12-22-24(20-13-15-21(27)16-14-20)23(17-29)26(19(4)5)28-25(22)18(2)3/h11-16,18-19,29H,6-10,17H2,1-5H3. The molecule has 0 unspecified atom stereocenters. The highest BCUT2D eigenvalue weighted by atomic mass is 19.1. The Bertz CT molecular complexity index is 806. The number of unbranched alkanes of at least 4 members (excludes halogenated alkanes) is 4. The number of pyridine rings is 1. The SMILES string of the molecule is CCCCCCC=Cc1c(C(C)C)nc(C(C)C)c(CO)c1-c1ccc(F)cc1. The fraction of sp³-hybridized carbons (Fsp3) is 0.500. The van der Waals surface area contributed by atoms with Crippen molar-refractivity contribution in [2.75, 3.05) is 0 Å². The Kier molecular flexibility index (Phi) is 9.03. The number of hydrogen-bond acceptors (Lipinski definition) is 2. The maximum Gasteiger partial charge on any atom is 0.123 e. The first kappa shape index (κ1) is 23.3. The Morgan fingerprint density at radius 3 is 2.17 bits per heavy atom. The minimum Gasteiger partial charge on any atom is -0.392 e. The zero-order chi connectivity index (χ0) is 21.4. The van der Waals surface area contributed by atoms with E-state index >= 15 is 0 Å². The summed E-state index contributed by atoms with van der Waals surface area (Å²) in [6.07, 6.45) is 10.3. The summed E-state index contributed by atoms with van der Waals surface area (Å²) in [7, 11) is 0. The molecule has 1 aromatic carbocycles. The van der Waals surface area contributed by atoms with Gasteiger partial charge in [-0.2, -0.15) is 0 Å². The number of nitrogens with zero attached hydrogens (tertiary/aromatic N) is 1. The molecule has 0 saturated heterocycles. The van der Waals surface area contributed by atoms with Crippen LogP contribution in [0.4, 0.5) is 4.39 Å². The van der Waals surface area contributed by atoms with E-state index < -0.39 is 0 Å². The quantitative estimate of drug-likeness (QED) is 0.418. The molecule has 0 saturated carbocycles. The molecule has 0 aliphatic carbocycles. The molecule has 3 heteroatoms. The van der Waals surface area contributed by atoms with Crippen molar-refractivity contribution < 1.29 is 9.50 Å². The molecule has 2 aromatic rings. The number of allylic oxidation sites excluding steroid dienone is 1. The van der Waals surface area contributed by atoms with E-state index in [2.05, 4.69) is 46.8 Å². The predicted octanol–water partition coefficient (Wildman–Crippen LogP) is 7.61. The van der Waals surface area contributed by atoms with Gasteiger partial charge in [-0.25, -0.2) is 4.39 Å². The second kappa shape index (κ2) is 11.3. The Labute approximate surface area is 175 Å². The van der Waals surface area contributed by atoms with Crippen LogP contribution in [0.5, 0.6) is 0 Å². The number of aliphatic hydroxyl groups excluding tert-OH is 1. The number of rotatable bonds is 10. The highest BCUT2D eigenvalue weighted by molar-refractivity contribution is 5.80. The number of aliphatic hydroxyl groups is 1. The lowest BCUT2D eigenvalue weighted by Crippen LogP contribution is -2.10. The average molecular weight is 398 g/mol. The van der Waals surface area contributed by atoms with Gasteiger partial charge < -0.3 is 5.11 Å². The summed E-state index contributed by atoms with van der Waals surface area (Å²) in [5.41, 5.74) is 5.77. The first-order chi connectivity index (χ1) is 13.9. The lowest BCUT2D eigenvalue weighted by atomic mass is 9.87. The van der Waals surface area contributed by atoms with Crippen molar-refractivity contribution in [1.82, 2.24) is 4.98 Å². The van der Waals surface area contributed by atoms with Gasteiger partial charge in [0.05, 0.1) is 12.3 Å². The van der Waals surface area contributed by atoms with Gasteiger partial charge >= 0.3 is 0 Å². The van der Waals surface area contributed by atoms with Crippen molar-refractivity contribution in [2.45, 2.75) is 85.2 Å². The molecule has 1 N–H and O–H groups in total. The fourth-order valence-electron chi connectivity index (χ4n) is 3.76. The van der Waals surface area contributed by atoms with Crippen LogP contribution < -0.4 is 0 Å².